The number of carbonyl (C=O) groups excluding carboxylic acids is 1. The van der Waals surface area contributed by atoms with Gasteiger partial charge in [0.1, 0.15) is 5.60 Å². The van der Waals surface area contributed by atoms with Gasteiger partial charge in [0, 0.05) is 32.7 Å². The molecule has 10 heteroatoms. The van der Waals surface area contributed by atoms with Crippen LogP contribution in [0.2, 0.25) is 5.28 Å². The van der Waals surface area contributed by atoms with Crippen molar-refractivity contribution in [2.24, 2.45) is 0 Å². The molecule has 0 atom stereocenters. The van der Waals surface area contributed by atoms with Gasteiger partial charge in [0.05, 0.1) is 0 Å². The standard InChI is InChI=1S/C16H23ClN6O3/c1-5-23-10-11(18-13(17)20-12(10)24)19-14(23)21-6-8-22(9-7-21)15(25)26-16(2,3)4/h5-9H2,1-4H3,(H,18,20,24). The number of hydrogen-bond donors (Lipinski definition) is 1. The number of amides is 1. The molecular formula is C16H23ClN6O3. The van der Waals surface area contributed by atoms with Crippen LogP contribution in [0, 0.1) is 0 Å². The average molecular weight is 383 g/mol. The van der Waals surface area contributed by atoms with E-state index >= 15 is 0 Å². The summed E-state index contributed by atoms with van der Waals surface area (Å²) in [5.41, 5.74) is -0.101. The first-order valence-corrected chi connectivity index (χ1v) is 8.96. The minimum Gasteiger partial charge on any atom is -0.444 e. The van der Waals surface area contributed by atoms with Gasteiger partial charge in [0.2, 0.25) is 11.2 Å². The molecule has 3 rings (SSSR count). The van der Waals surface area contributed by atoms with E-state index in [2.05, 4.69) is 15.0 Å². The quantitative estimate of drug-likeness (QED) is 0.796. The number of nitrogens with zero attached hydrogens (tertiary/aromatic N) is 5. The first kappa shape index (κ1) is 18.5. The number of halogens is 1. The highest BCUT2D eigenvalue weighted by Crippen LogP contribution is 2.21. The largest absolute Gasteiger partial charge is 0.444 e. The van der Waals surface area contributed by atoms with Crippen LogP contribution >= 0.6 is 11.6 Å². The second-order valence-corrected chi connectivity index (χ2v) is 7.50. The number of aromatic amines is 1. The number of carbonyl (C=O) groups is 1. The van der Waals surface area contributed by atoms with Gasteiger partial charge in [-0.2, -0.15) is 9.97 Å². The van der Waals surface area contributed by atoms with Gasteiger partial charge >= 0.3 is 6.09 Å². The molecule has 1 aliphatic rings. The summed E-state index contributed by atoms with van der Waals surface area (Å²) in [7, 11) is 0. The van der Waals surface area contributed by atoms with Crippen molar-refractivity contribution >= 4 is 34.8 Å². The molecule has 0 aromatic carbocycles. The maximum absolute atomic E-state index is 12.2. The molecule has 1 N–H and O–H groups in total. The third kappa shape index (κ3) is 3.62. The fraction of sp³-hybridized carbons (Fsp3) is 0.625. The molecule has 142 valence electrons. The van der Waals surface area contributed by atoms with E-state index in [1.807, 2.05) is 37.2 Å². The van der Waals surface area contributed by atoms with Crippen molar-refractivity contribution in [3.63, 3.8) is 0 Å². The molecule has 3 heterocycles. The van der Waals surface area contributed by atoms with Crippen LogP contribution in [-0.2, 0) is 11.3 Å². The lowest BCUT2D eigenvalue weighted by atomic mass is 10.2. The van der Waals surface area contributed by atoms with Gasteiger partial charge in [-0.1, -0.05) is 0 Å². The predicted octanol–water partition coefficient (Wildman–Crippen LogP) is 1.85. The molecule has 9 nitrogen and oxygen atoms in total. The number of nitrogens with one attached hydrogen (secondary N) is 1. The fourth-order valence-corrected chi connectivity index (χ4v) is 3.13. The normalized spacial score (nSPS) is 15.6. The number of piperazine rings is 1. The van der Waals surface area contributed by atoms with E-state index in [-0.39, 0.29) is 16.9 Å². The molecule has 0 saturated carbocycles. The van der Waals surface area contributed by atoms with E-state index in [1.54, 1.807) is 4.90 Å². The van der Waals surface area contributed by atoms with E-state index in [0.717, 1.165) is 0 Å². The molecule has 0 bridgehead atoms. The number of anilines is 1. The van der Waals surface area contributed by atoms with Gasteiger partial charge in [-0.05, 0) is 39.3 Å². The van der Waals surface area contributed by atoms with Crippen molar-refractivity contribution in [3.05, 3.63) is 15.6 Å². The van der Waals surface area contributed by atoms with Crippen molar-refractivity contribution in [2.75, 3.05) is 31.1 Å². The molecule has 1 aliphatic heterocycles. The molecule has 2 aromatic heterocycles. The molecular weight excluding hydrogens is 360 g/mol. The van der Waals surface area contributed by atoms with Crippen LogP contribution in [0.5, 0.6) is 0 Å². The van der Waals surface area contributed by atoms with Crippen LogP contribution < -0.4 is 10.5 Å². The number of aromatic nitrogens is 4. The van der Waals surface area contributed by atoms with Crippen LogP contribution in [0.25, 0.3) is 11.2 Å². The number of rotatable bonds is 2. The number of ether oxygens (including phenoxy) is 1. The molecule has 2 aromatic rings. The number of hydrogen-bond acceptors (Lipinski definition) is 6. The Morgan fingerprint density at radius 1 is 1.23 bits per heavy atom. The van der Waals surface area contributed by atoms with Gasteiger partial charge in [-0.3, -0.25) is 9.78 Å². The van der Waals surface area contributed by atoms with E-state index < -0.39 is 5.60 Å². The lowest BCUT2D eigenvalue weighted by Crippen LogP contribution is -2.50. The summed E-state index contributed by atoms with van der Waals surface area (Å²) >= 11 is 5.83. The summed E-state index contributed by atoms with van der Waals surface area (Å²) in [5.74, 6) is 0.659. The lowest BCUT2D eigenvalue weighted by molar-refractivity contribution is 0.0240. The summed E-state index contributed by atoms with van der Waals surface area (Å²) in [6.45, 7) is 10.3. The maximum atomic E-state index is 12.2. The molecule has 1 fully saturated rings. The Labute approximate surface area is 155 Å². The Morgan fingerprint density at radius 3 is 2.46 bits per heavy atom. The molecule has 1 amide bonds. The molecule has 0 spiro atoms. The monoisotopic (exact) mass is 382 g/mol. The molecule has 0 unspecified atom stereocenters. The van der Waals surface area contributed by atoms with Crippen LogP contribution in [0.15, 0.2) is 4.79 Å². The third-order valence-corrected chi connectivity index (χ3v) is 4.27. The summed E-state index contributed by atoms with van der Waals surface area (Å²) in [6, 6.07) is 0. The van der Waals surface area contributed by atoms with E-state index in [1.165, 1.54) is 0 Å². The van der Waals surface area contributed by atoms with Crippen molar-refractivity contribution in [1.82, 2.24) is 24.4 Å². The van der Waals surface area contributed by atoms with Crippen LogP contribution in [0.1, 0.15) is 27.7 Å². The third-order valence-electron chi connectivity index (χ3n) is 4.10. The van der Waals surface area contributed by atoms with Gasteiger partial charge in [0.15, 0.2) is 11.2 Å². The van der Waals surface area contributed by atoms with Crippen molar-refractivity contribution in [2.45, 2.75) is 39.8 Å². The number of fused-ring (bicyclic) bond motifs is 1. The topological polar surface area (TPSA) is 96.3 Å². The SMILES string of the molecule is CCn1c(N2CCN(C(=O)OC(C)(C)C)CC2)nc2nc(Cl)[nH]c(=O)c21. The van der Waals surface area contributed by atoms with E-state index in [9.17, 15) is 9.59 Å². The number of imidazole rings is 1. The van der Waals surface area contributed by atoms with Crippen LogP contribution in [-0.4, -0.2) is 62.3 Å². The van der Waals surface area contributed by atoms with E-state index in [0.29, 0.717) is 49.8 Å². The molecule has 26 heavy (non-hydrogen) atoms. The van der Waals surface area contributed by atoms with Crippen LogP contribution in [0.4, 0.5) is 10.7 Å². The highest BCUT2D eigenvalue weighted by atomic mass is 35.5. The Morgan fingerprint density at radius 2 is 1.88 bits per heavy atom. The lowest BCUT2D eigenvalue weighted by Gasteiger charge is -2.36. The highest BCUT2D eigenvalue weighted by Gasteiger charge is 2.28. The molecule has 1 saturated heterocycles. The van der Waals surface area contributed by atoms with E-state index in [4.69, 9.17) is 16.3 Å². The minimum atomic E-state index is -0.517. The Kier molecular flexibility index (Phi) is 4.83. The van der Waals surface area contributed by atoms with Crippen molar-refractivity contribution < 1.29 is 9.53 Å². The van der Waals surface area contributed by atoms with Crippen molar-refractivity contribution in [1.29, 1.82) is 0 Å². The Bertz CT molecular complexity index is 876. The minimum absolute atomic E-state index is 0.0181. The van der Waals surface area contributed by atoms with Gasteiger partial charge in [-0.15, -0.1) is 0 Å². The highest BCUT2D eigenvalue weighted by molar-refractivity contribution is 6.28. The molecule has 0 radical (unpaired) electrons. The Hall–Kier alpha value is -2.29. The van der Waals surface area contributed by atoms with Gasteiger partial charge in [-0.25, -0.2) is 4.79 Å². The molecule has 0 aliphatic carbocycles. The van der Waals surface area contributed by atoms with Crippen LogP contribution in [0.3, 0.4) is 0 Å². The summed E-state index contributed by atoms with van der Waals surface area (Å²) in [6.07, 6.45) is -0.314. The summed E-state index contributed by atoms with van der Waals surface area (Å²) < 4.78 is 7.24. The zero-order valence-corrected chi connectivity index (χ0v) is 16.1. The average Bonchev–Trinajstić information content (AvgIpc) is 2.92. The fourth-order valence-electron chi connectivity index (χ4n) is 2.96. The van der Waals surface area contributed by atoms with Gasteiger partial charge in [0.25, 0.3) is 5.56 Å². The second kappa shape index (κ2) is 6.79. The second-order valence-electron chi connectivity index (χ2n) is 7.14. The van der Waals surface area contributed by atoms with Gasteiger partial charge < -0.3 is 19.1 Å². The van der Waals surface area contributed by atoms with Crippen molar-refractivity contribution in [3.8, 4) is 0 Å². The first-order valence-electron chi connectivity index (χ1n) is 8.58. The smallest absolute Gasteiger partial charge is 0.410 e. The summed E-state index contributed by atoms with van der Waals surface area (Å²) in [5, 5.41) is 0.0181. The zero-order chi connectivity index (χ0) is 19.1. The number of H-pyrrole nitrogens is 1. The zero-order valence-electron chi connectivity index (χ0n) is 15.4. The number of aryl methyl sites for hydroxylation is 1. The Balaban J connectivity index is 1.81. The summed E-state index contributed by atoms with van der Waals surface area (Å²) in [4.78, 5) is 39.2. The predicted molar refractivity (Wildman–Crippen MR) is 98.9 cm³/mol. The first-order chi connectivity index (χ1) is 12.2. The maximum Gasteiger partial charge on any atom is 0.410 e.